The van der Waals surface area contributed by atoms with Gasteiger partial charge in [0.2, 0.25) is 5.91 Å². The first-order chi connectivity index (χ1) is 16.3. The summed E-state index contributed by atoms with van der Waals surface area (Å²) in [6.45, 7) is 6.60. The number of urea groups is 1. The van der Waals surface area contributed by atoms with Crippen LogP contribution in [0.1, 0.15) is 59.3 Å². The monoisotopic (exact) mass is 473 g/mol. The number of rotatable bonds is 10. The van der Waals surface area contributed by atoms with Gasteiger partial charge in [0, 0.05) is 19.2 Å². The summed E-state index contributed by atoms with van der Waals surface area (Å²) in [6, 6.07) is 3.92. The highest BCUT2D eigenvalue weighted by Gasteiger charge is 2.46. The molecule has 9 heteroatoms. The lowest BCUT2D eigenvalue weighted by atomic mass is 9.87. The zero-order valence-corrected chi connectivity index (χ0v) is 20.5. The highest BCUT2D eigenvalue weighted by atomic mass is 16.5. The summed E-state index contributed by atoms with van der Waals surface area (Å²) in [5.74, 6) is -0.827. The van der Waals surface area contributed by atoms with Crippen LogP contribution in [0.3, 0.4) is 0 Å². The van der Waals surface area contributed by atoms with Crippen molar-refractivity contribution in [1.29, 1.82) is 0 Å². The highest BCUT2D eigenvalue weighted by molar-refractivity contribution is 6.53. The Hall–Kier alpha value is -3.10. The van der Waals surface area contributed by atoms with Crippen molar-refractivity contribution in [2.45, 2.75) is 65.3 Å². The molecule has 0 radical (unpaired) electrons. The number of amides is 5. The second-order valence-corrected chi connectivity index (χ2v) is 9.06. The van der Waals surface area contributed by atoms with Gasteiger partial charge in [-0.1, -0.05) is 20.8 Å². The van der Waals surface area contributed by atoms with E-state index >= 15 is 0 Å². The molecule has 9 nitrogen and oxygen atoms in total. The Morgan fingerprint density at radius 3 is 2.21 bits per heavy atom. The minimum absolute atomic E-state index is 0.0808. The molecule has 1 saturated carbocycles. The number of likely N-dealkylation sites (N-methyl/N-ethyl adjacent to an activating group) is 1. The molecule has 1 saturated heterocycles. The molecule has 0 spiro atoms. The predicted molar refractivity (Wildman–Crippen MR) is 127 cm³/mol. The molecule has 34 heavy (non-hydrogen) atoms. The minimum Gasteiger partial charge on any atom is -0.490 e. The lowest BCUT2D eigenvalue weighted by Gasteiger charge is -2.34. The maximum Gasteiger partial charge on any atom is 0.339 e. The number of carbonyl (C=O) groups is 4. The van der Waals surface area contributed by atoms with Crippen molar-refractivity contribution in [2.75, 3.05) is 31.7 Å². The van der Waals surface area contributed by atoms with Crippen molar-refractivity contribution < 1.29 is 28.7 Å². The quantitative estimate of drug-likeness (QED) is 0.381. The molecule has 1 aliphatic heterocycles. The lowest BCUT2D eigenvalue weighted by molar-refractivity contribution is -0.142. The first-order valence-electron chi connectivity index (χ1n) is 12.1. The van der Waals surface area contributed by atoms with Crippen molar-refractivity contribution in [1.82, 2.24) is 9.80 Å². The molecule has 1 aromatic rings. The van der Waals surface area contributed by atoms with Gasteiger partial charge < -0.3 is 14.4 Å². The van der Waals surface area contributed by atoms with E-state index in [9.17, 15) is 19.2 Å². The molecule has 2 aliphatic rings. The van der Waals surface area contributed by atoms with E-state index in [4.69, 9.17) is 9.47 Å². The number of hydrogen-bond donors (Lipinski definition) is 0. The fourth-order valence-electron chi connectivity index (χ4n) is 4.24. The second kappa shape index (κ2) is 11.4. The molecule has 0 unspecified atom stereocenters. The largest absolute Gasteiger partial charge is 0.490 e. The number of ether oxygens (including phenoxy) is 2. The lowest BCUT2D eigenvalue weighted by Crippen LogP contribution is -2.46. The van der Waals surface area contributed by atoms with Crippen LogP contribution in [0.15, 0.2) is 18.2 Å². The maximum absolute atomic E-state index is 13.1. The van der Waals surface area contributed by atoms with Gasteiger partial charge in [0.05, 0.1) is 18.9 Å². The summed E-state index contributed by atoms with van der Waals surface area (Å²) in [5, 5.41) is 0. The fourth-order valence-corrected chi connectivity index (χ4v) is 4.24. The molecule has 0 N–H and O–H groups in total. The van der Waals surface area contributed by atoms with Crippen LogP contribution in [-0.4, -0.2) is 66.4 Å². The third kappa shape index (κ3) is 5.51. The molecule has 5 amide bonds. The molecule has 186 valence electrons. The van der Waals surface area contributed by atoms with Crippen LogP contribution in [0, 0.1) is 5.92 Å². The summed E-state index contributed by atoms with van der Waals surface area (Å²) in [7, 11) is 1.69. The number of nitrogens with zero attached hydrogens (tertiary/aromatic N) is 3. The van der Waals surface area contributed by atoms with Gasteiger partial charge in [0.1, 0.15) is 6.54 Å². The van der Waals surface area contributed by atoms with Crippen molar-refractivity contribution in [3.8, 4) is 11.5 Å². The molecule has 1 aliphatic carbocycles. The summed E-state index contributed by atoms with van der Waals surface area (Å²) < 4.78 is 11.4. The third-order valence-corrected chi connectivity index (χ3v) is 6.38. The zero-order chi connectivity index (χ0) is 24.8. The zero-order valence-electron chi connectivity index (χ0n) is 20.5. The molecule has 0 bridgehead atoms. The van der Waals surface area contributed by atoms with E-state index in [0.717, 1.165) is 48.3 Å². The van der Waals surface area contributed by atoms with Crippen molar-refractivity contribution >= 4 is 29.4 Å². The Morgan fingerprint density at radius 1 is 0.971 bits per heavy atom. The normalized spacial score (nSPS) is 20.6. The Balaban J connectivity index is 1.75. The van der Waals surface area contributed by atoms with E-state index in [0.29, 0.717) is 30.6 Å². The standard InChI is InChI=1S/C25H35N3O6/c1-5-13-33-20-12-11-19(15-21(20)34-14-6-2)28-24(31)23(30)27(25(28)32)16-22(29)26(4)18-9-7-17(3)8-10-18/h11-12,15,17-18H,5-10,13-14,16H2,1-4H3. The highest BCUT2D eigenvalue weighted by Crippen LogP contribution is 2.34. The number of carbonyl (C=O) groups excluding carboxylic acids is 4. The summed E-state index contributed by atoms with van der Waals surface area (Å²) in [6.07, 6.45) is 5.43. The van der Waals surface area contributed by atoms with Crippen LogP contribution in [0.5, 0.6) is 11.5 Å². The molecule has 0 atom stereocenters. The van der Waals surface area contributed by atoms with Crippen LogP contribution in [0.2, 0.25) is 0 Å². The van der Waals surface area contributed by atoms with Crippen molar-refractivity contribution in [3.63, 3.8) is 0 Å². The molecule has 1 heterocycles. The minimum atomic E-state index is -1.01. The van der Waals surface area contributed by atoms with Crippen molar-refractivity contribution in [3.05, 3.63) is 18.2 Å². The Morgan fingerprint density at radius 2 is 1.59 bits per heavy atom. The maximum atomic E-state index is 13.1. The number of benzene rings is 1. The van der Waals surface area contributed by atoms with Gasteiger partial charge in [-0.25, -0.2) is 14.6 Å². The van der Waals surface area contributed by atoms with Gasteiger partial charge in [0.15, 0.2) is 11.5 Å². The number of hydrogen-bond acceptors (Lipinski definition) is 6. The predicted octanol–water partition coefficient (Wildman–Crippen LogP) is 3.60. The summed E-state index contributed by atoms with van der Waals surface area (Å²) >= 11 is 0. The third-order valence-electron chi connectivity index (χ3n) is 6.38. The molecule has 2 fully saturated rings. The SMILES string of the molecule is CCCOc1ccc(N2C(=O)C(=O)N(CC(=O)N(C)C3CCC(C)CC3)C2=O)cc1OCCC. The van der Waals surface area contributed by atoms with E-state index in [-0.39, 0.29) is 17.6 Å². The van der Waals surface area contributed by atoms with E-state index in [1.807, 2.05) is 13.8 Å². The van der Waals surface area contributed by atoms with Crippen LogP contribution in [0.4, 0.5) is 10.5 Å². The smallest absolute Gasteiger partial charge is 0.339 e. The van der Waals surface area contributed by atoms with Crippen LogP contribution >= 0.6 is 0 Å². The van der Waals surface area contributed by atoms with Gasteiger partial charge in [-0.05, 0) is 56.6 Å². The Labute approximate surface area is 201 Å². The molecule has 0 aromatic heterocycles. The first-order valence-corrected chi connectivity index (χ1v) is 12.1. The van der Waals surface area contributed by atoms with Crippen LogP contribution in [-0.2, 0) is 14.4 Å². The molecule has 3 rings (SSSR count). The summed E-state index contributed by atoms with van der Waals surface area (Å²) in [5.41, 5.74) is 0.197. The van der Waals surface area contributed by atoms with Gasteiger partial charge in [-0.2, -0.15) is 0 Å². The molecular weight excluding hydrogens is 438 g/mol. The van der Waals surface area contributed by atoms with Crippen LogP contribution in [0.25, 0.3) is 0 Å². The topological polar surface area (TPSA) is 96.5 Å². The van der Waals surface area contributed by atoms with E-state index in [2.05, 4.69) is 6.92 Å². The van der Waals surface area contributed by atoms with Gasteiger partial charge in [-0.15, -0.1) is 0 Å². The van der Waals surface area contributed by atoms with Gasteiger partial charge in [-0.3, -0.25) is 14.4 Å². The average molecular weight is 474 g/mol. The van der Waals surface area contributed by atoms with Gasteiger partial charge >= 0.3 is 17.8 Å². The second-order valence-electron chi connectivity index (χ2n) is 9.06. The van der Waals surface area contributed by atoms with Gasteiger partial charge in [0.25, 0.3) is 0 Å². The van der Waals surface area contributed by atoms with E-state index < -0.39 is 24.4 Å². The molecular formula is C25H35N3O6. The number of anilines is 1. The fraction of sp³-hybridized carbons (Fsp3) is 0.600. The number of imide groups is 2. The molecule has 1 aromatic carbocycles. The van der Waals surface area contributed by atoms with E-state index in [1.54, 1.807) is 18.0 Å². The Bertz CT molecular complexity index is 925. The van der Waals surface area contributed by atoms with Crippen LogP contribution < -0.4 is 14.4 Å². The first kappa shape index (κ1) is 25.5. The van der Waals surface area contributed by atoms with E-state index in [1.165, 1.54) is 12.1 Å². The Kier molecular flexibility index (Phi) is 8.52. The van der Waals surface area contributed by atoms with Crippen molar-refractivity contribution in [2.24, 2.45) is 5.92 Å². The summed E-state index contributed by atoms with van der Waals surface area (Å²) in [4.78, 5) is 54.4. The average Bonchev–Trinajstić information content (AvgIpc) is 3.04.